The van der Waals surface area contributed by atoms with Crippen LogP contribution in [0.5, 0.6) is 0 Å². The van der Waals surface area contributed by atoms with Crippen LogP contribution in [0.1, 0.15) is 39.5 Å². The Kier molecular flexibility index (Phi) is 5.02. The van der Waals surface area contributed by atoms with E-state index in [1.807, 2.05) is 23.6 Å². The number of carbonyl (C=O) groups excluding carboxylic acids is 2. The molecule has 0 saturated carbocycles. The Morgan fingerprint density at radius 1 is 1.20 bits per heavy atom. The largest absolute Gasteiger partial charge is 0.394 e. The predicted molar refractivity (Wildman–Crippen MR) is 76.0 cm³/mol. The summed E-state index contributed by atoms with van der Waals surface area (Å²) in [5.41, 5.74) is 0. The van der Waals surface area contributed by atoms with Gasteiger partial charge in [-0.1, -0.05) is 13.8 Å². The van der Waals surface area contributed by atoms with Gasteiger partial charge >= 0.3 is 0 Å². The lowest BCUT2D eigenvalue weighted by Crippen LogP contribution is -2.49. The molecule has 2 rings (SSSR count). The van der Waals surface area contributed by atoms with Crippen molar-refractivity contribution in [2.75, 3.05) is 26.2 Å². The molecule has 0 spiro atoms. The van der Waals surface area contributed by atoms with Gasteiger partial charge in [0.15, 0.2) is 0 Å². The maximum absolute atomic E-state index is 12.6. The Bertz CT molecular complexity index is 370. The number of hydrogen-bond donors (Lipinski definition) is 1. The van der Waals surface area contributed by atoms with Crippen LogP contribution in [-0.4, -0.2) is 59.0 Å². The van der Waals surface area contributed by atoms with Crippen LogP contribution in [0.15, 0.2) is 0 Å². The standard InChI is InChI=1S/C15H26N2O3/c1-11(2)14(19)16-7-3-5-12(9-16)15(20)17-8-4-6-13(17)10-18/h11-13,18H,3-10H2,1-2H3/t12?,13-/m0/s1. The first-order chi connectivity index (χ1) is 9.54. The fourth-order valence-electron chi connectivity index (χ4n) is 3.29. The summed E-state index contributed by atoms with van der Waals surface area (Å²) < 4.78 is 0. The molecule has 5 heteroatoms. The highest BCUT2D eigenvalue weighted by Crippen LogP contribution is 2.25. The quantitative estimate of drug-likeness (QED) is 0.835. The molecule has 2 fully saturated rings. The third-order valence-corrected chi connectivity index (χ3v) is 4.45. The van der Waals surface area contributed by atoms with E-state index in [1.54, 1.807) is 0 Å². The first kappa shape index (κ1) is 15.3. The summed E-state index contributed by atoms with van der Waals surface area (Å²) >= 11 is 0. The predicted octanol–water partition coefficient (Wildman–Crippen LogP) is 0.864. The first-order valence-corrected chi connectivity index (χ1v) is 7.74. The molecule has 0 bridgehead atoms. The smallest absolute Gasteiger partial charge is 0.227 e. The van der Waals surface area contributed by atoms with Crippen molar-refractivity contribution in [3.05, 3.63) is 0 Å². The molecule has 2 heterocycles. The lowest BCUT2D eigenvalue weighted by Gasteiger charge is -2.36. The molecule has 0 aromatic heterocycles. The second-order valence-electron chi connectivity index (χ2n) is 6.29. The molecule has 2 aliphatic heterocycles. The Hall–Kier alpha value is -1.10. The average molecular weight is 282 g/mol. The molecule has 1 N–H and O–H groups in total. The van der Waals surface area contributed by atoms with Crippen LogP contribution >= 0.6 is 0 Å². The van der Waals surface area contributed by atoms with Crippen LogP contribution in [0.4, 0.5) is 0 Å². The third kappa shape index (κ3) is 3.14. The van der Waals surface area contributed by atoms with Crippen LogP contribution in [0.25, 0.3) is 0 Å². The van der Waals surface area contributed by atoms with Crippen molar-refractivity contribution in [1.29, 1.82) is 0 Å². The lowest BCUT2D eigenvalue weighted by molar-refractivity contribution is -0.143. The number of hydrogen-bond acceptors (Lipinski definition) is 3. The molecule has 20 heavy (non-hydrogen) atoms. The van der Waals surface area contributed by atoms with Crippen LogP contribution in [-0.2, 0) is 9.59 Å². The van der Waals surface area contributed by atoms with Gasteiger partial charge in [-0.15, -0.1) is 0 Å². The van der Waals surface area contributed by atoms with Gasteiger partial charge in [0.2, 0.25) is 11.8 Å². The minimum atomic E-state index is -0.0846. The minimum Gasteiger partial charge on any atom is -0.394 e. The number of rotatable bonds is 3. The van der Waals surface area contributed by atoms with Gasteiger partial charge in [-0.2, -0.15) is 0 Å². The van der Waals surface area contributed by atoms with Crippen molar-refractivity contribution in [1.82, 2.24) is 9.80 Å². The highest BCUT2D eigenvalue weighted by Gasteiger charge is 2.36. The molecule has 0 aliphatic carbocycles. The van der Waals surface area contributed by atoms with Crippen LogP contribution in [0.2, 0.25) is 0 Å². The summed E-state index contributed by atoms with van der Waals surface area (Å²) in [5.74, 6) is 0.171. The molecule has 114 valence electrons. The molecular weight excluding hydrogens is 256 g/mol. The highest BCUT2D eigenvalue weighted by molar-refractivity contribution is 5.82. The van der Waals surface area contributed by atoms with E-state index in [0.717, 1.165) is 38.8 Å². The summed E-state index contributed by atoms with van der Waals surface area (Å²) in [6.45, 7) is 5.91. The second kappa shape index (κ2) is 6.57. The zero-order valence-corrected chi connectivity index (χ0v) is 12.5. The van der Waals surface area contributed by atoms with E-state index < -0.39 is 0 Å². The van der Waals surface area contributed by atoms with Crippen molar-refractivity contribution < 1.29 is 14.7 Å². The Balaban J connectivity index is 1.98. The number of carbonyl (C=O) groups is 2. The van der Waals surface area contributed by atoms with Gasteiger partial charge in [0, 0.05) is 25.6 Å². The van der Waals surface area contributed by atoms with E-state index in [-0.39, 0.29) is 36.3 Å². The molecule has 5 nitrogen and oxygen atoms in total. The van der Waals surface area contributed by atoms with E-state index >= 15 is 0 Å². The zero-order chi connectivity index (χ0) is 14.7. The number of nitrogens with zero attached hydrogens (tertiary/aromatic N) is 2. The van der Waals surface area contributed by atoms with E-state index in [4.69, 9.17) is 0 Å². The van der Waals surface area contributed by atoms with Crippen LogP contribution in [0, 0.1) is 11.8 Å². The monoisotopic (exact) mass is 282 g/mol. The fraction of sp³-hybridized carbons (Fsp3) is 0.867. The van der Waals surface area contributed by atoms with Crippen molar-refractivity contribution in [3.8, 4) is 0 Å². The minimum absolute atomic E-state index is 0.0131. The molecule has 2 amide bonds. The topological polar surface area (TPSA) is 60.9 Å². The summed E-state index contributed by atoms with van der Waals surface area (Å²) in [4.78, 5) is 28.3. The number of aliphatic hydroxyl groups is 1. The van der Waals surface area contributed by atoms with Crippen molar-refractivity contribution in [2.24, 2.45) is 11.8 Å². The molecule has 2 saturated heterocycles. The van der Waals surface area contributed by atoms with Crippen LogP contribution < -0.4 is 0 Å². The number of likely N-dealkylation sites (tertiary alicyclic amines) is 2. The highest BCUT2D eigenvalue weighted by atomic mass is 16.3. The fourth-order valence-corrected chi connectivity index (χ4v) is 3.29. The Labute approximate surface area is 120 Å². The van der Waals surface area contributed by atoms with Crippen molar-refractivity contribution in [3.63, 3.8) is 0 Å². The van der Waals surface area contributed by atoms with E-state index in [0.29, 0.717) is 6.54 Å². The Morgan fingerprint density at radius 2 is 1.90 bits per heavy atom. The molecule has 2 aliphatic rings. The average Bonchev–Trinajstić information content (AvgIpc) is 2.94. The van der Waals surface area contributed by atoms with Crippen molar-refractivity contribution >= 4 is 11.8 Å². The lowest BCUT2D eigenvalue weighted by atomic mass is 9.95. The van der Waals surface area contributed by atoms with Crippen molar-refractivity contribution in [2.45, 2.75) is 45.6 Å². The molecule has 0 aromatic rings. The van der Waals surface area contributed by atoms with Crippen LogP contribution in [0.3, 0.4) is 0 Å². The zero-order valence-electron chi connectivity index (χ0n) is 12.5. The normalized spacial score (nSPS) is 27.2. The second-order valence-corrected chi connectivity index (χ2v) is 6.29. The van der Waals surface area contributed by atoms with Gasteiger partial charge in [0.05, 0.1) is 18.6 Å². The summed E-state index contributed by atoms with van der Waals surface area (Å²) in [6.07, 6.45) is 3.61. The maximum atomic E-state index is 12.6. The van der Waals surface area contributed by atoms with Gasteiger partial charge in [-0.25, -0.2) is 0 Å². The summed E-state index contributed by atoms with van der Waals surface area (Å²) in [6, 6.07) is -0.0151. The number of amides is 2. The van der Waals surface area contributed by atoms with Gasteiger partial charge in [-0.05, 0) is 25.7 Å². The maximum Gasteiger partial charge on any atom is 0.227 e. The molecule has 2 atom stereocenters. The SMILES string of the molecule is CC(C)C(=O)N1CCCC(C(=O)N2CCC[C@H]2CO)C1. The first-order valence-electron chi connectivity index (χ1n) is 7.74. The van der Waals surface area contributed by atoms with E-state index in [9.17, 15) is 14.7 Å². The molecule has 0 radical (unpaired) electrons. The molecule has 0 aromatic carbocycles. The van der Waals surface area contributed by atoms with E-state index in [1.165, 1.54) is 0 Å². The van der Waals surface area contributed by atoms with Gasteiger partial charge in [-0.3, -0.25) is 9.59 Å². The Morgan fingerprint density at radius 3 is 2.55 bits per heavy atom. The van der Waals surface area contributed by atoms with Gasteiger partial charge < -0.3 is 14.9 Å². The molecule has 1 unspecified atom stereocenters. The summed E-state index contributed by atoms with van der Waals surface area (Å²) in [7, 11) is 0. The van der Waals surface area contributed by atoms with Gasteiger partial charge in [0.1, 0.15) is 0 Å². The van der Waals surface area contributed by atoms with Gasteiger partial charge in [0.25, 0.3) is 0 Å². The molecular formula is C15H26N2O3. The third-order valence-electron chi connectivity index (χ3n) is 4.45. The number of aliphatic hydroxyl groups excluding tert-OH is 1. The number of piperidine rings is 1. The summed E-state index contributed by atoms with van der Waals surface area (Å²) in [5, 5.41) is 9.34. The van der Waals surface area contributed by atoms with E-state index in [2.05, 4.69) is 0 Å².